The highest BCUT2D eigenvalue weighted by Crippen LogP contribution is 2.33. The summed E-state index contributed by atoms with van der Waals surface area (Å²) in [6, 6.07) is 20.7. The zero-order valence-corrected chi connectivity index (χ0v) is 13.8. The molecule has 3 aromatic rings. The highest BCUT2D eigenvalue weighted by Gasteiger charge is 2.18. The van der Waals surface area contributed by atoms with E-state index in [4.69, 9.17) is 0 Å². The van der Waals surface area contributed by atoms with Gasteiger partial charge in [-0.25, -0.2) is 8.42 Å². The molecule has 0 bridgehead atoms. The number of hydrogen-bond donors (Lipinski definition) is 0. The van der Waals surface area contributed by atoms with Gasteiger partial charge in [0.25, 0.3) is 0 Å². The molecule has 0 radical (unpaired) electrons. The smallest absolute Gasteiger partial charge is 0.183 e. The van der Waals surface area contributed by atoms with Crippen molar-refractivity contribution in [2.75, 3.05) is 0 Å². The van der Waals surface area contributed by atoms with Crippen molar-refractivity contribution >= 4 is 21.2 Å². The second kappa shape index (κ2) is 6.07. The molecule has 0 spiro atoms. The third-order valence-electron chi connectivity index (χ3n) is 3.50. The molecule has 0 aliphatic carbocycles. The van der Waals surface area contributed by atoms with Gasteiger partial charge in [-0.2, -0.15) is 0 Å². The summed E-state index contributed by atoms with van der Waals surface area (Å²) >= 11 is 1.55. The van der Waals surface area contributed by atoms with Crippen molar-refractivity contribution in [1.82, 2.24) is 0 Å². The largest absolute Gasteiger partial charge is 0.223 e. The average Bonchev–Trinajstić information content (AvgIpc) is 2.89. The summed E-state index contributed by atoms with van der Waals surface area (Å²) in [4.78, 5) is 2.39. The van der Waals surface area contributed by atoms with Gasteiger partial charge in [-0.1, -0.05) is 48.5 Å². The minimum Gasteiger partial charge on any atom is -0.223 e. The molecule has 0 unspecified atom stereocenters. The summed E-state index contributed by atoms with van der Waals surface area (Å²) in [6.45, 7) is 1.97. The average molecular weight is 328 g/mol. The molecule has 1 heterocycles. The lowest BCUT2D eigenvalue weighted by Gasteiger charge is -2.03. The Kier molecular flexibility index (Phi) is 4.14. The van der Waals surface area contributed by atoms with Crippen molar-refractivity contribution < 1.29 is 8.42 Å². The van der Waals surface area contributed by atoms with Gasteiger partial charge in [0.05, 0.1) is 10.6 Å². The second-order valence-corrected chi connectivity index (χ2v) is 8.28. The van der Waals surface area contributed by atoms with E-state index in [0.29, 0.717) is 4.90 Å². The van der Waals surface area contributed by atoms with Crippen molar-refractivity contribution in [3.8, 4) is 10.4 Å². The Morgan fingerprint density at radius 1 is 0.909 bits per heavy atom. The molecule has 2 aromatic carbocycles. The van der Waals surface area contributed by atoms with Gasteiger partial charge in [0.2, 0.25) is 0 Å². The van der Waals surface area contributed by atoms with E-state index in [2.05, 4.69) is 6.07 Å². The minimum atomic E-state index is -3.29. The molecule has 0 aliphatic rings. The molecule has 0 N–H and O–H groups in total. The van der Waals surface area contributed by atoms with Crippen LogP contribution in [-0.4, -0.2) is 8.42 Å². The lowest BCUT2D eigenvalue weighted by molar-refractivity contribution is 0.595. The molecule has 0 saturated carbocycles. The van der Waals surface area contributed by atoms with Gasteiger partial charge in [-0.3, -0.25) is 0 Å². The van der Waals surface area contributed by atoms with E-state index in [1.165, 1.54) is 0 Å². The molecule has 1 aromatic heterocycles. The number of rotatable bonds is 4. The molecular weight excluding hydrogens is 312 g/mol. The van der Waals surface area contributed by atoms with Crippen molar-refractivity contribution in [3.63, 3.8) is 0 Å². The van der Waals surface area contributed by atoms with Crippen LogP contribution in [0.3, 0.4) is 0 Å². The van der Waals surface area contributed by atoms with Gasteiger partial charge in [-0.05, 0) is 36.2 Å². The quantitative estimate of drug-likeness (QED) is 0.696. The van der Waals surface area contributed by atoms with Crippen LogP contribution in [0.4, 0.5) is 0 Å². The number of sulfone groups is 1. The van der Waals surface area contributed by atoms with Gasteiger partial charge in [0.15, 0.2) is 9.84 Å². The maximum atomic E-state index is 12.5. The molecule has 0 aliphatic heterocycles. The van der Waals surface area contributed by atoms with Crippen LogP contribution in [0.1, 0.15) is 10.4 Å². The molecular formula is C18H16O2S2. The van der Waals surface area contributed by atoms with Crippen LogP contribution >= 0.6 is 11.3 Å². The Labute approximate surface area is 135 Å². The summed E-state index contributed by atoms with van der Waals surface area (Å²) in [7, 11) is -3.29. The highest BCUT2D eigenvalue weighted by atomic mass is 32.2. The monoisotopic (exact) mass is 328 g/mol. The van der Waals surface area contributed by atoms with E-state index in [1.807, 2.05) is 43.3 Å². The van der Waals surface area contributed by atoms with Gasteiger partial charge in [-0.15, -0.1) is 11.3 Å². The SMILES string of the molecule is Cc1cc(-c2ccccc2)sc1CS(=O)(=O)c1ccccc1. The first-order valence-corrected chi connectivity index (χ1v) is 9.46. The Morgan fingerprint density at radius 3 is 2.14 bits per heavy atom. The predicted octanol–water partition coefficient (Wildman–Crippen LogP) is 4.70. The molecule has 22 heavy (non-hydrogen) atoms. The third kappa shape index (κ3) is 3.13. The second-order valence-electron chi connectivity index (χ2n) is 5.16. The Balaban J connectivity index is 1.92. The van der Waals surface area contributed by atoms with E-state index in [-0.39, 0.29) is 5.75 Å². The fourth-order valence-corrected chi connectivity index (χ4v) is 5.28. The fourth-order valence-electron chi connectivity index (χ4n) is 2.29. The molecule has 4 heteroatoms. The molecule has 0 atom stereocenters. The summed E-state index contributed by atoms with van der Waals surface area (Å²) in [5.41, 5.74) is 2.15. The number of aryl methyl sites for hydroxylation is 1. The molecule has 0 amide bonds. The predicted molar refractivity (Wildman–Crippen MR) is 91.8 cm³/mol. The van der Waals surface area contributed by atoms with Crippen LogP contribution < -0.4 is 0 Å². The number of hydrogen-bond acceptors (Lipinski definition) is 3. The third-order valence-corrected chi connectivity index (χ3v) is 6.63. The topological polar surface area (TPSA) is 34.1 Å². The summed E-state index contributed by atoms with van der Waals surface area (Å²) < 4.78 is 25.0. The molecule has 2 nitrogen and oxygen atoms in total. The van der Waals surface area contributed by atoms with Crippen LogP contribution in [0.25, 0.3) is 10.4 Å². The zero-order valence-electron chi connectivity index (χ0n) is 12.2. The summed E-state index contributed by atoms with van der Waals surface area (Å²) in [5, 5.41) is 0. The van der Waals surface area contributed by atoms with E-state index < -0.39 is 9.84 Å². The van der Waals surface area contributed by atoms with Crippen molar-refractivity contribution in [3.05, 3.63) is 77.2 Å². The first-order valence-electron chi connectivity index (χ1n) is 6.99. The van der Waals surface area contributed by atoms with Crippen LogP contribution in [0, 0.1) is 6.92 Å². The molecule has 112 valence electrons. The van der Waals surface area contributed by atoms with E-state index >= 15 is 0 Å². The van der Waals surface area contributed by atoms with Crippen molar-refractivity contribution in [2.45, 2.75) is 17.6 Å². The lowest BCUT2D eigenvalue weighted by Crippen LogP contribution is -2.04. The Morgan fingerprint density at radius 2 is 1.50 bits per heavy atom. The van der Waals surface area contributed by atoms with Crippen LogP contribution in [0.15, 0.2) is 71.6 Å². The summed E-state index contributed by atoms with van der Waals surface area (Å²) in [6.07, 6.45) is 0. The summed E-state index contributed by atoms with van der Waals surface area (Å²) in [5.74, 6) is 0.0559. The van der Waals surface area contributed by atoms with Crippen LogP contribution in [-0.2, 0) is 15.6 Å². The van der Waals surface area contributed by atoms with Gasteiger partial charge in [0, 0.05) is 9.75 Å². The molecule has 0 fully saturated rings. The molecule has 0 saturated heterocycles. The maximum Gasteiger partial charge on any atom is 0.183 e. The van der Waals surface area contributed by atoms with E-state index in [9.17, 15) is 8.42 Å². The van der Waals surface area contributed by atoms with E-state index in [0.717, 1.165) is 20.9 Å². The van der Waals surface area contributed by atoms with Crippen molar-refractivity contribution in [1.29, 1.82) is 0 Å². The number of thiophene rings is 1. The lowest BCUT2D eigenvalue weighted by atomic mass is 10.1. The Bertz CT molecular complexity index is 864. The molecule has 3 rings (SSSR count). The first-order chi connectivity index (χ1) is 10.6. The maximum absolute atomic E-state index is 12.5. The standard InChI is InChI=1S/C18H16O2S2/c1-14-12-17(15-8-4-2-5-9-15)21-18(14)13-22(19,20)16-10-6-3-7-11-16/h2-12H,13H2,1H3. The van der Waals surface area contributed by atoms with Crippen LogP contribution in [0.5, 0.6) is 0 Å². The fraction of sp³-hybridized carbons (Fsp3) is 0.111. The highest BCUT2D eigenvalue weighted by molar-refractivity contribution is 7.90. The van der Waals surface area contributed by atoms with E-state index in [1.54, 1.807) is 35.6 Å². The van der Waals surface area contributed by atoms with Gasteiger partial charge >= 0.3 is 0 Å². The zero-order chi connectivity index (χ0) is 15.6. The first kappa shape index (κ1) is 15.0. The Hall–Kier alpha value is -1.91. The normalized spacial score (nSPS) is 11.5. The minimum absolute atomic E-state index is 0.0559. The number of benzene rings is 2. The van der Waals surface area contributed by atoms with Crippen molar-refractivity contribution in [2.24, 2.45) is 0 Å². The van der Waals surface area contributed by atoms with Gasteiger partial charge < -0.3 is 0 Å². The van der Waals surface area contributed by atoms with Crippen LogP contribution in [0.2, 0.25) is 0 Å². The van der Waals surface area contributed by atoms with Gasteiger partial charge in [0.1, 0.15) is 0 Å².